The highest BCUT2D eigenvalue weighted by atomic mass is 16.4. The Labute approximate surface area is 126 Å². The van der Waals surface area contributed by atoms with Gasteiger partial charge in [0.25, 0.3) is 0 Å². The summed E-state index contributed by atoms with van der Waals surface area (Å²) in [5.74, 6) is 0.431. The van der Waals surface area contributed by atoms with Crippen molar-refractivity contribution in [2.75, 3.05) is 19.6 Å². The Hall–Kier alpha value is -1.30. The number of rotatable bonds is 4. The van der Waals surface area contributed by atoms with Crippen LogP contribution in [0.1, 0.15) is 46.5 Å². The average Bonchev–Trinajstić information content (AvgIpc) is 2.70. The molecule has 0 aromatic heterocycles. The molecule has 2 amide bonds. The van der Waals surface area contributed by atoms with Gasteiger partial charge in [0.1, 0.15) is 0 Å². The van der Waals surface area contributed by atoms with Crippen LogP contribution in [0.2, 0.25) is 0 Å². The predicted octanol–water partition coefficient (Wildman–Crippen LogP) is 1.71. The van der Waals surface area contributed by atoms with Crippen LogP contribution in [-0.4, -0.2) is 58.2 Å². The number of unbranched alkanes of at least 4 members (excludes halogenated alkanes) is 1. The van der Waals surface area contributed by atoms with Gasteiger partial charge in [0.05, 0.1) is 11.7 Å². The third kappa shape index (κ3) is 3.00. The maximum Gasteiger partial charge on any atom is 0.407 e. The van der Waals surface area contributed by atoms with Crippen LogP contribution in [0.3, 0.4) is 0 Å². The van der Waals surface area contributed by atoms with E-state index in [9.17, 15) is 9.59 Å². The van der Waals surface area contributed by atoms with E-state index in [-0.39, 0.29) is 23.5 Å². The molecule has 2 N–H and O–H groups in total. The van der Waals surface area contributed by atoms with Gasteiger partial charge in [-0.3, -0.25) is 10.1 Å². The Balaban J connectivity index is 2.15. The molecule has 0 aromatic rings. The quantitative estimate of drug-likeness (QED) is 0.828. The molecule has 1 atom stereocenters. The first kappa shape index (κ1) is 16.1. The highest BCUT2D eigenvalue weighted by Gasteiger charge is 2.52. The zero-order chi connectivity index (χ0) is 15.6. The van der Waals surface area contributed by atoms with Gasteiger partial charge in [0, 0.05) is 32.5 Å². The summed E-state index contributed by atoms with van der Waals surface area (Å²) in [6, 6.07) is -0.141. The van der Waals surface area contributed by atoms with Gasteiger partial charge < -0.3 is 14.9 Å². The first-order valence-corrected chi connectivity index (χ1v) is 7.98. The third-order valence-corrected chi connectivity index (χ3v) is 4.74. The minimum atomic E-state index is -0.866. The van der Waals surface area contributed by atoms with E-state index in [1.807, 2.05) is 4.90 Å². The molecule has 120 valence electrons. The van der Waals surface area contributed by atoms with Crippen molar-refractivity contribution in [2.24, 2.45) is 5.92 Å². The van der Waals surface area contributed by atoms with E-state index in [0.29, 0.717) is 25.9 Å². The van der Waals surface area contributed by atoms with Crippen LogP contribution in [0.4, 0.5) is 4.79 Å². The summed E-state index contributed by atoms with van der Waals surface area (Å²) in [6.07, 6.45) is 2.53. The molecule has 6 nitrogen and oxygen atoms in total. The Morgan fingerprint density at radius 3 is 2.52 bits per heavy atom. The monoisotopic (exact) mass is 297 g/mol. The Kier molecular flexibility index (Phi) is 4.76. The molecule has 2 fully saturated rings. The lowest BCUT2D eigenvalue weighted by molar-refractivity contribution is -0.133. The zero-order valence-corrected chi connectivity index (χ0v) is 13.3. The normalized spacial score (nSPS) is 25.1. The van der Waals surface area contributed by atoms with Crippen molar-refractivity contribution in [1.29, 1.82) is 0 Å². The lowest BCUT2D eigenvalue weighted by Crippen LogP contribution is -2.59. The molecule has 2 rings (SSSR count). The van der Waals surface area contributed by atoms with Crippen LogP contribution < -0.4 is 5.32 Å². The fourth-order valence-electron chi connectivity index (χ4n) is 3.38. The fourth-order valence-corrected chi connectivity index (χ4v) is 3.38. The largest absolute Gasteiger partial charge is 0.465 e. The van der Waals surface area contributed by atoms with E-state index >= 15 is 0 Å². The van der Waals surface area contributed by atoms with Crippen molar-refractivity contribution in [1.82, 2.24) is 15.1 Å². The Bertz CT molecular complexity index is 403. The molecule has 21 heavy (non-hydrogen) atoms. The molecule has 0 aliphatic carbocycles. The molecule has 0 aromatic carbocycles. The topological polar surface area (TPSA) is 72.9 Å². The molecule has 1 spiro atoms. The highest BCUT2D eigenvalue weighted by molar-refractivity contribution is 5.85. The molecule has 6 heteroatoms. The lowest BCUT2D eigenvalue weighted by Gasteiger charge is -2.44. The van der Waals surface area contributed by atoms with Gasteiger partial charge in [0.2, 0.25) is 5.91 Å². The summed E-state index contributed by atoms with van der Waals surface area (Å²) in [5.41, 5.74) is -0.340. The minimum absolute atomic E-state index is 0.141. The number of carbonyl (C=O) groups excluding carboxylic acids is 1. The number of carbonyl (C=O) groups is 2. The molecular weight excluding hydrogens is 270 g/mol. The minimum Gasteiger partial charge on any atom is -0.465 e. The summed E-state index contributed by atoms with van der Waals surface area (Å²) in [7, 11) is 0. The smallest absolute Gasteiger partial charge is 0.407 e. The van der Waals surface area contributed by atoms with Crippen LogP contribution in [0.15, 0.2) is 0 Å². The van der Waals surface area contributed by atoms with Gasteiger partial charge in [-0.1, -0.05) is 27.2 Å². The van der Waals surface area contributed by atoms with E-state index in [1.54, 1.807) is 0 Å². The van der Waals surface area contributed by atoms with E-state index < -0.39 is 6.09 Å². The fraction of sp³-hybridized carbons (Fsp3) is 0.867. The first-order valence-electron chi connectivity index (χ1n) is 7.98. The van der Waals surface area contributed by atoms with Crippen molar-refractivity contribution in [3.8, 4) is 0 Å². The van der Waals surface area contributed by atoms with Gasteiger partial charge in [0.15, 0.2) is 0 Å². The number of amides is 2. The number of carboxylic acid groups (broad SMARTS) is 1. The summed E-state index contributed by atoms with van der Waals surface area (Å²) < 4.78 is 0. The van der Waals surface area contributed by atoms with Crippen LogP contribution in [0, 0.1) is 5.92 Å². The maximum absolute atomic E-state index is 12.7. The summed E-state index contributed by atoms with van der Waals surface area (Å²) in [4.78, 5) is 27.2. The van der Waals surface area contributed by atoms with Gasteiger partial charge in [-0.15, -0.1) is 0 Å². The number of hydrogen-bond acceptors (Lipinski definition) is 3. The van der Waals surface area contributed by atoms with Crippen molar-refractivity contribution >= 4 is 12.0 Å². The zero-order valence-electron chi connectivity index (χ0n) is 13.3. The molecule has 2 saturated heterocycles. The molecule has 0 saturated carbocycles. The standard InChI is InChI=1S/C15H27N3O3/c1-4-5-8-18-13(19)12(11(2)3)16-15(18)6-9-17(10-7-15)14(20)21/h11-12,16H,4-10H2,1-3H3,(H,20,21). The first-order chi connectivity index (χ1) is 9.91. The van der Waals surface area contributed by atoms with E-state index in [0.717, 1.165) is 19.4 Å². The summed E-state index contributed by atoms with van der Waals surface area (Å²) in [5, 5.41) is 12.6. The van der Waals surface area contributed by atoms with Crippen LogP contribution in [0.25, 0.3) is 0 Å². The van der Waals surface area contributed by atoms with E-state index in [2.05, 4.69) is 26.1 Å². The third-order valence-electron chi connectivity index (χ3n) is 4.74. The summed E-state index contributed by atoms with van der Waals surface area (Å²) >= 11 is 0. The van der Waals surface area contributed by atoms with Crippen molar-refractivity contribution < 1.29 is 14.7 Å². The van der Waals surface area contributed by atoms with E-state index in [1.165, 1.54) is 4.90 Å². The lowest BCUT2D eigenvalue weighted by atomic mass is 9.95. The van der Waals surface area contributed by atoms with Crippen molar-refractivity contribution in [3.63, 3.8) is 0 Å². The molecule has 2 aliphatic rings. The second kappa shape index (κ2) is 6.22. The molecular formula is C15H27N3O3. The molecule has 0 radical (unpaired) electrons. The molecule has 2 heterocycles. The van der Waals surface area contributed by atoms with Crippen molar-refractivity contribution in [2.45, 2.75) is 58.2 Å². The van der Waals surface area contributed by atoms with Crippen LogP contribution in [-0.2, 0) is 4.79 Å². The average molecular weight is 297 g/mol. The number of hydrogen-bond donors (Lipinski definition) is 2. The summed E-state index contributed by atoms with van der Waals surface area (Å²) in [6.45, 7) is 7.97. The maximum atomic E-state index is 12.7. The molecule has 0 bridgehead atoms. The number of nitrogens with one attached hydrogen (secondary N) is 1. The number of nitrogens with zero attached hydrogens (tertiary/aromatic N) is 2. The molecule has 2 aliphatic heterocycles. The Morgan fingerprint density at radius 1 is 1.43 bits per heavy atom. The second-order valence-corrected chi connectivity index (χ2v) is 6.51. The van der Waals surface area contributed by atoms with Gasteiger partial charge in [-0.2, -0.15) is 0 Å². The van der Waals surface area contributed by atoms with E-state index in [4.69, 9.17) is 5.11 Å². The highest BCUT2D eigenvalue weighted by Crippen LogP contribution is 2.34. The Morgan fingerprint density at radius 2 is 2.05 bits per heavy atom. The number of piperidine rings is 1. The van der Waals surface area contributed by atoms with Crippen LogP contribution in [0.5, 0.6) is 0 Å². The SMILES string of the molecule is CCCCN1C(=O)C(C(C)C)NC12CCN(C(=O)O)CC2. The van der Waals surface area contributed by atoms with Gasteiger partial charge >= 0.3 is 6.09 Å². The van der Waals surface area contributed by atoms with Crippen LogP contribution >= 0.6 is 0 Å². The van der Waals surface area contributed by atoms with Gasteiger partial charge in [-0.05, 0) is 12.3 Å². The van der Waals surface area contributed by atoms with Crippen molar-refractivity contribution in [3.05, 3.63) is 0 Å². The number of likely N-dealkylation sites (tertiary alicyclic amines) is 1. The van der Waals surface area contributed by atoms with Gasteiger partial charge in [-0.25, -0.2) is 4.79 Å². The second-order valence-electron chi connectivity index (χ2n) is 6.51. The predicted molar refractivity (Wildman–Crippen MR) is 79.9 cm³/mol. The molecule has 1 unspecified atom stereocenters.